The van der Waals surface area contributed by atoms with Crippen LogP contribution in [-0.2, 0) is 6.54 Å². The number of halogens is 1. The zero-order chi connectivity index (χ0) is 12.3. The SMILES string of the molecule is CCNc1ncc(Cn2cc(Br)ccc2=O)s1. The third-order valence-electron chi connectivity index (χ3n) is 2.16. The number of pyridine rings is 1. The first-order chi connectivity index (χ1) is 8.19. The molecule has 2 rings (SSSR count). The predicted octanol–water partition coefficient (Wildman–Crippen LogP) is 2.55. The molecule has 0 saturated heterocycles. The summed E-state index contributed by atoms with van der Waals surface area (Å²) in [5.41, 5.74) is -0.00778. The van der Waals surface area contributed by atoms with Gasteiger partial charge in [-0.2, -0.15) is 0 Å². The Morgan fingerprint density at radius 2 is 2.35 bits per heavy atom. The van der Waals surface area contributed by atoms with Crippen molar-refractivity contribution in [1.29, 1.82) is 0 Å². The average Bonchev–Trinajstić information content (AvgIpc) is 2.72. The van der Waals surface area contributed by atoms with E-state index in [0.29, 0.717) is 6.54 Å². The molecule has 4 nitrogen and oxygen atoms in total. The summed E-state index contributed by atoms with van der Waals surface area (Å²) in [5, 5.41) is 4.04. The highest BCUT2D eigenvalue weighted by molar-refractivity contribution is 9.10. The largest absolute Gasteiger partial charge is 0.362 e. The fourth-order valence-electron chi connectivity index (χ4n) is 1.41. The fraction of sp³-hybridized carbons (Fsp3) is 0.273. The maximum atomic E-state index is 11.6. The molecular formula is C11H12BrN3OS. The molecule has 0 saturated carbocycles. The number of rotatable bonds is 4. The average molecular weight is 314 g/mol. The molecule has 2 heterocycles. The van der Waals surface area contributed by atoms with Gasteiger partial charge in [-0.05, 0) is 28.9 Å². The number of hydrogen-bond donors (Lipinski definition) is 1. The Kier molecular flexibility index (Phi) is 3.96. The van der Waals surface area contributed by atoms with E-state index < -0.39 is 0 Å². The van der Waals surface area contributed by atoms with Gasteiger partial charge in [-0.1, -0.05) is 0 Å². The van der Waals surface area contributed by atoms with Crippen molar-refractivity contribution in [1.82, 2.24) is 9.55 Å². The summed E-state index contributed by atoms with van der Waals surface area (Å²) in [6.45, 7) is 3.44. The Labute approximate surface area is 111 Å². The van der Waals surface area contributed by atoms with Gasteiger partial charge in [-0.25, -0.2) is 4.98 Å². The molecule has 0 amide bonds. The van der Waals surface area contributed by atoms with Gasteiger partial charge in [0.05, 0.1) is 6.54 Å². The van der Waals surface area contributed by atoms with E-state index in [1.807, 2.05) is 6.92 Å². The Balaban J connectivity index is 2.19. The van der Waals surface area contributed by atoms with E-state index in [0.717, 1.165) is 21.0 Å². The van der Waals surface area contributed by atoms with E-state index in [4.69, 9.17) is 0 Å². The quantitative estimate of drug-likeness (QED) is 0.943. The van der Waals surface area contributed by atoms with Gasteiger partial charge in [0, 0.05) is 34.4 Å². The summed E-state index contributed by atoms with van der Waals surface area (Å²) in [6.07, 6.45) is 3.59. The number of anilines is 1. The van der Waals surface area contributed by atoms with Crippen molar-refractivity contribution in [3.05, 3.63) is 44.2 Å². The molecule has 0 atom stereocenters. The van der Waals surface area contributed by atoms with Crippen LogP contribution >= 0.6 is 27.3 Å². The molecule has 0 aliphatic rings. The van der Waals surface area contributed by atoms with Crippen molar-refractivity contribution < 1.29 is 0 Å². The van der Waals surface area contributed by atoms with Gasteiger partial charge >= 0.3 is 0 Å². The summed E-state index contributed by atoms with van der Waals surface area (Å²) in [7, 11) is 0. The lowest BCUT2D eigenvalue weighted by Crippen LogP contribution is -2.18. The molecule has 0 aromatic carbocycles. The number of aromatic nitrogens is 2. The summed E-state index contributed by atoms with van der Waals surface area (Å²) >= 11 is 4.93. The smallest absolute Gasteiger partial charge is 0.250 e. The molecule has 2 aromatic heterocycles. The Bertz CT molecular complexity index is 564. The zero-order valence-corrected chi connectivity index (χ0v) is 11.7. The highest BCUT2D eigenvalue weighted by atomic mass is 79.9. The van der Waals surface area contributed by atoms with Gasteiger partial charge in [-0.15, -0.1) is 11.3 Å². The Morgan fingerprint density at radius 1 is 1.53 bits per heavy atom. The van der Waals surface area contributed by atoms with E-state index in [2.05, 4.69) is 26.2 Å². The third-order valence-corrected chi connectivity index (χ3v) is 3.56. The highest BCUT2D eigenvalue weighted by Gasteiger charge is 2.03. The predicted molar refractivity (Wildman–Crippen MR) is 73.8 cm³/mol. The van der Waals surface area contributed by atoms with Crippen molar-refractivity contribution in [3.63, 3.8) is 0 Å². The second-order valence-electron chi connectivity index (χ2n) is 3.48. The van der Waals surface area contributed by atoms with Crippen molar-refractivity contribution >= 4 is 32.4 Å². The molecule has 0 bridgehead atoms. The van der Waals surface area contributed by atoms with E-state index in [1.165, 1.54) is 0 Å². The Hall–Kier alpha value is -1.14. The molecule has 0 unspecified atom stereocenters. The van der Waals surface area contributed by atoms with Crippen molar-refractivity contribution in [3.8, 4) is 0 Å². The summed E-state index contributed by atoms with van der Waals surface area (Å²) < 4.78 is 2.56. The number of hydrogen-bond acceptors (Lipinski definition) is 4. The van der Waals surface area contributed by atoms with Gasteiger partial charge in [0.1, 0.15) is 0 Å². The van der Waals surface area contributed by atoms with Gasteiger partial charge < -0.3 is 9.88 Å². The van der Waals surface area contributed by atoms with Crippen LogP contribution in [0.4, 0.5) is 5.13 Å². The second-order valence-corrected chi connectivity index (χ2v) is 5.51. The van der Waals surface area contributed by atoms with Gasteiger partial charge in [0.2, 0.25) is 0 Å². The van der Waals surface area contributed by atoms with Crippen LogP contribution in [0.1, 0.15) is 11.8 Å². The van der Waals surface area contributed by atoms with Crippen LogP contribution in [0.2, 0.25) is 0 Å². The van der Waals surface area contributed by atoms with Crippen LogP contribution in [0.3, 0.4) is 0 Å². The standard InChI is InChI=1S/C11H12BrN3OS/c1-2-13-11-14-5-9(17-11)7-15-6-8(12)3-4-10(15)16/h3-6H,2,7H2,1H3,(H,13,14). The molecule has 0 radical (unpaired) electrons. The van der Waals surface area contributed by atoms with E-state index in [-0.39, 0.29) is 5.56 Å². The van der Waals surface area contributed by atoms with Crippen LogP contribution in [0.5, 0.6) is 0 Å². The molecule has 0 spiro atoms. The fourth-order valence-corrected chi connectivity index (χ4v) is 2.67. The van der Waals surface area contributed by atoms with E-state index in [9.17, 15) is 4.79 Å². The van der Waals surface area contributed by atoms with Gasteiger partial charge in [0.15, 0.2) is 5.13 Å². The molecule has 2 aromatic rings. The zero-order valence-electron chi connectivity index (χ0n) is 9.31. The summed E-state index contributed by atoms with van der Waals surface area (Å²) in [6, 6.07) is 3.30. The molecule has 17 heavy (non-hydrogen) atoms. The lowest BCUT2D eigenvalue weighted by atomic mass is 10.4. The second kappa shape index (κ2) is 5.46. The van der Waals surface area contributed by atoms with E-state index in [1.54, 1.807) is 40.4 Å². The lowest BCUT2D eigenvalue weighted by molar-refractivity contribution is 0.765. The maximum absolute atomic E-state index is 11.6. The van der Waals surface area contributed by atoms with Crippen LogP contribution in [0, 0.1) is 0 Å². The molecule has 90 valence electrons. The molecule has 6 heteroatoms. The lowest BCUT2D eigenvalue weighted by Gasteiger charge is -2.03. The summed E-state index contributed by atoms with van der Waals surface area (Å²) in [5.74, 6) is 0. The molecule has 0 aliphatic carbocycles. The van der Waals surface area contributed by atoms with Crippen LogP contribution < -0.4 is 10.9 Å². The van der Waals surface area contributed by atoms with Gasteiger partial charge in [0.25, 0.3) is 5.56 Å². The van der Waals surface area contributed by atoms with Crippen molar-refractivity contribution in [2.45, 2.75) is 13.5 Å². The molecule has 0 aliphatic heterocycles. The number of nitrogens with zero attached hydrogens (tertiary/aromatic N) is 2. The normalized spacial score (nSPS) is 10.5. The monoisotopic (exact) mass is 313 g/mol. The van der Waals surface area contributed by atoms with Crippen molar-refractivity contribution in [2.24, 2.45) is 0 Å². The highest BCUT2D eigenvalue weighted by Crippen LogP contribution is 2.18. The first-order valence-electron chi connectivity index (χ1n) is 5.23. The summed E-state index contributed by atoms with van der Waals surface area (Å²) in [4.78, 5) is 16.9. The number of nitrogens with one attached hydrogen (secondary N) is 1. The maximum Gasteiger partial charge on any atom is 0.250 e. The van der Waals surface area contributed by atoms with Gasteiger partial charge in [-0.3, -0.25) is 4.79 Å². The minimum atomic E-state index is -0.00778. The first-order valence-corrected chi connectivity index (χ1v) is 6.84. The number of thiazole rings is 1. The topological polar surface area (TPSA) is 46.9 Å². The molecule has 1 N–H and O–H groups in total. The van der Waals surface area contributed by atoms with Crippen LogP contribution in [0.25, 0.3) is 0 Å². The van der Waals surface area contributed by atoms with Crippen LogP contribution in [-0.4, -0.2) is 16.1 Å². The Morgan fingerprint density at radius 3 is 3.12 bits per heavy atom. The third kappa shape index (κ3) is 3.17. The van der Waals surface area contributed by atoms with Crippen LogP contribution in [0.15, 0.2) is 33.8 Å². The first kappa shape index (κ1) is 12.3. The minimum Gasteiger partial charge on any atom is -0.362 e. The molecular weight excluding hydrogens is 302 g/mol. The van der Waals surface area contributed by atoms with Crippen molar-refractivity contribution in [2.75, 3.05) is 11.9 Å². The molecule has 0 fully saturated rings. The van der Waals surface area contributed by atoms with E-state index >= 15 is 0 Å². The minimum absolute atomic E-state index is 0.00778.